The molecule has 0 fully saturated rings. The highest BCUT2D eigenvalue weighted by molar-refractivity contribution is 5.76. The zero-order chi connectivity index (χ0) is 21.2. The van der Waals surface area contributed by atoms with Crippen LogP contribution in [-0.2, 0) is 4.79 Å². The lowest BCUT2D eigenvalue weighted by atomic mass is 9.97. The second-order valence-corrected chi connectivity index (χ2v) is 7.27. The fraction of sp³-hybridized carbons (Fsp3) is 0.696. The zero-order valence-corrected chi connectivity index (χ0v) is 19.1. The summed E-state index contributed by atoms with van der Waals surface area (Å²) in [5.74, 6) is 2.00. The van der Waals surface area contributed by atoms with Crippen LogP contribution < -0.4 is 10.4 Å². The Morgan fingerprint density at radius 3 is 2.11 bits per heavy atom. The molecule has 158 valence electrons. The largest absolute Gasteiger partial charge is 0.366 e. The number of para-hydroxylation sites is 2. The van der Waals surface area contributed by atoms with Crippen molar-refractivity contribution in [3.8, 4) is 0 Å². The molecule has 1 unspecified atom stereocenters. The maximum atomic E-state index is 11.1. The van der Waals surface area contributed by atoms with E-state index >= 15 is 0 Å². The van der Waals surface area contributed by atoms with E-state index in [0.29, 0.717) is 13.0 Å². The van der Waals surface area contributed by atoms with Gasteiger partial charge in [0.05, 0.1) is 0 Å². The Morgan fingerprint density at radius 1 is 1.11 bits per heavy atom. The molecule has 4 nitrogen and oxygen atoms in total. The van der Waals surface area contributed by atoms with Gasteiger partial charge in [-0.2, -0.15) is 5.48 Å². The monoisotopic (exact) mass is 381 g/mol. The number of rotatable bonds is 10. The number of Topliss-reactive ketones (excluding diaryl/α,β-unsaturated/α-hetero) is 1. The molecule has 0 spiro atoms. The van der Waals surface area contributed by atoms with E-state index in [0.717, 1.165) is 41.7 Å². The van der Waals surface area contributed by atoms with Crippen LogP contribution in [0.5, 0.6) is 0 Å². The maximum Gasteiger partial charge on any atom is 0.185 e. The van der Waals surface area contributed by atoms with Crippen molar-refractivity contribution in [1.29, 1.82) is 0 Å². The van der Waals surface area contributed by atoms with Crippen LogP contribution in [0.25, 0.3) is 0 Å². The van der Waals surface area contributed by atoms with E-state index in [1.54, 1.807) is 6.92 Å². The molecule has 0 amide bonds. The average Bonchev–Trinajstić information content (AvgIpc) is 2.66. The smallest absolute Gasteiger partial charge is 0.185 e. The topological polar surface area (TPSA) is 57.2 Å². The van der Waals surface area contributed by atoms with Crippen LogP contribution in [0.4, 0.5) is 11.4 Å². The number of nitrogens with zero attached hydrogens (tertiary/aromatic N) is 1. The van der Waals surface area contributed by atoms with E-state index in [-0.39, 0.29) is 5.78 Å². The first-order valence-electron chi connectivity index (χ1n) is 10.7. The zero-order valence-electron chi connectivity index (χ0n) is 19.1. The lowest BCUT2D eigenvalue weighted by Gasteiger charge is -2.24. The van der Waals surface area contributed by atoms with Gasteiger partial charge in [0.25, 0.3) is 0 Å². The van der Waals surface area contributed by atoms with Gasteiger partial charge in [-0.25, -0.2) is 5.21 Å². The molecule has 1 aromatic carbocycles. The highest BCUT2D eigenvalue weighted by Crippen LogP contribution is 2.21. The quantitative estimate of drug-likeness (QED) is 0.411. The number of anilines is 1. The molecule has 0 aliphatic rings. The van der Waals surface area contributed by atoms with Crippen molar-refractivity contribution >= 4 is 17.2 Å². The number of nitrogens with two attached hydrogens (primary N) is 1. The summed E-state index contributed by atoms with van der Waals surface area (Å²) in [5.41, 5.74) is 2.90. The van der Waals surface area contributed by atoms with E-state index in [9.17, 15) is 10.0 Å². The Morgan fingerprint density at radius 2 is 1.70 bits per heavy atom. The molecule has 0 radical (unpaired) electrons. The molecule has 0 aromatic heterocycles. The van der Waals surface area contributed by atoms with Crippen LogP contribution in [0.1, 0.15) is 81.1 Å². The van der Waals surface area contributed by atoms with Crippen LogP contribution >= 0.6 is 0 Å². The normalized spacial score (nSPS) is 11.0. The molecule has 0 aliphatic carbocycles. The second-order valence-electron chi connectivity index (χ2n) is 7.27. The predicted octanol–water partition coefficient (Wildman–Crippen LogP) is 5.57. The number of quaternary nitrogens is 1. The lowest BCUT2D eigenvalue weighted by molar-refractivity contribution is -0.825. The van der Waals surface area contributed by atoms with Gasteiger partial charge in [-0.3, -0.25) is 4.79 Å². The summed E-state index contributed by atoms with van der Waals surface area (Å²) in [6.45, 7) is 18.4. The Labute approximate surface area is 168 Å². The molecule has 4 heteroatoms. The van der Waals surface area contributed by atoms with E-state index in [2.05, 4.69) is 39.5 Å². The van der Waals surface area contributed by atoms with Gasteiger partial charge < -0.3 is 4.90 Å². The first-order valence-corrected chi connectivity index (χ1v) is 10.7. The van der Waals surface area contributed by atoms with Gasteiger partial charge in [0.15, 0.2) is 5.69 Å². The van der Waals surface area contributed by atoms with Crippen LogP contribution in [0.2, 0.25) is 0 Å². The molecule has 0 heterocycles. The van der Waals surface area contributed by atoms with Gasteiger partial charge in [0.1, 0.15) is 11.5 Å². The van der Waals surface area contributed by atoms with Gasteiger partial charge >= 0.3 is 0 Å². The fourth-order valence-electron chi connectivity index (χ4n) is 2.77. The van der Waals surface area contributed by atoms with E-state index in [1.165, 1.54) is 12.8 Å². The lowest BCUT2D eigenvalue weighted by Crippen LogP contribution is -2.74. The Kier molecular flexibility index (Phi) is 18.5. The van der Waals surface area contributed by atoms with Crippen LogP contribution in [-0.4, -0.2) is 24.1 Å². The fourth-order valence-corrected chi connectivity index (χ4v) is 2.77. The summed E-state index contributed by atoms with van der Waals surface area (Å²) >= 11 is 0. The van der Waals surface area contributed by atoms with Crippen LogP contribution in [0, 0.1) is 11.8 Å². The number of ketones is 1. The third-order valence-electron chi connectivity index (χ3n) is 4.21. The summed E-state index contributed by atoms with van der Waals surface area (Å²) in [5, 5.41) is 9.19. The van der Waals surface area contributed by atoms with Crippen molar-refractivity contribution in [3.05, 3.63) is 24.3 Å². The van der Waals surface area contributed by atoms with Crippen molar-refractivity contribution in [3.63, 3.8) is 0 Å². The molecule has 1 rings (SSSR count). The first-order chi connectivity index (χ1) is 12.8. The average molecular weight is 382 g/mol. The van der Waals surface area contributed by atoms with Gasteiger partial charge in [-0.05, 0) is 37.7 Å². The van der Waals surface area contributed by atoms with Gasteiger partial charge in [-0.1, -0.05) is 67.0 Å². The number of hydrogen-bond acceptors (Lipinski definition) is 3. The summed E-state index contributed by atoms with van der Waals surface area (Å²) in [4.78, 5) is 13.2. The highest BCUT2D eigenvalue weighted by Gasteiger charge is 2.13. The minimum Gasteiger partial charge on any atom is -0.366 e. The van der Waals surface area contributed by atoms with Gasteiger partial charge in [-0.15, -0.1) is 0 Å². The second kappa shape index (κ2) is 18.0. The highest BCUT2D eigenvalue weighted by atomic mass is 16.5. The van der Waals surface area contributed by atoms with Crippen molar-refractivity contribution < 1.29 is 15.5 Å². The number of carbonyl (C=O) groups is 1. The Bertz CT molecular complexity index is 475. The Hall–Kier alpha value is -1.39. The van der Waals surface area contributed by atoms with E-state index < -0.39 is 0 Å². The molecular weight excluding hydrogens is 336 g/mol. The number of benzene rings is 1. The first kappa shape index (κ1) is 27.8. The predicted molar refractivity (Wildman–Crippen MR) is 118 cm³/mol. The summed E-state index contributed by atoms with van der Waals surface area (Å²) in [6, 6.07) is 7.67. The summed E-state index contributed by atoms with van der Waals surface area (Å²) in [7, 11) is 0. The third-order valence-corrected chi connectivity index (χ3v) is 4.21. The third kappa shape index (κ3) is 14.3. The van der Waals surface area contributed by atoms with E-state index in [4.69, 9.17) is 0 Å². The van der Waals surface area contributed by atoms with Crippen molar-refractivity contribution in [2.45, 2.75) is 81.1 Å². The maximum absolute atomic E-state index is 11.1. The molecule has 0 saturated heterocycles. The minimum absolute atomic E-state index is 0.191. The standard InChI is InChI=1S/C13H20N2O2.C8H18.C2H6/c1-3-9-15(10-8-11(2)16)13-7-5-4-6-12(13)14-17;1-5-8(4)6-7(2)3;1-2/h4-7,14,17H,3,8-10H2,1-2H3;7-8H,5-6H2,1-4H3;1-2H3/p+1. The molecule has 0 aliphatic heterocycles. The SMILES string of the molecule is CC.CCC(C)CC(C)C.CCCN(CCC(C)=O)c1ccccc1[NH2+]O. The molecular formula is C23H45N2O2+. The summed E-state index contributed by atoms with van der Waals surface area (Å²) in [6.07, 6.45) is 4.27. The molecule has 3 N–H and O–H groups in total. The number of hydrogen-bond donors (Lipinski definition) is 2. The molecule has 27 heavy (non-hydrogen) atoms. The molecule has 1 atom stereocenters. The minimum atomic E-state index is 0.191. The van der Waals surface area contributed by atoms with Crippen molar-refractivity contribution in [2.75, 3.05) is 18.0 Å². The van der Waals surface area contributed by atoms with Gasteiger partial charge in [0.2, 0.25) is 0 Å². The van der Waals surface area contributed by atoms with Crippen molar-refractivity contribution in [1.82, 2.24) is 0 Å². The Balaban J connectivity index is 0. The van der Waals surface area contributed by atoms with Crippen LogP contribution in [0.3, 0.4) is 0 Å². The molecule has 0 bridgehead atoms. The summed E-state index contributed by atoms with van der Waals surface area (Å²) < 4.78 is 0. The van der Waals surface area contributed by atoms with Crippen molar-refractivity contribution in [2.24, 2.45) is 11.8 Å². The van der Waals surface area contributed by atoms with E-state index in [1.807, 2.05) is 38.1 Å². The molecule has 0 saturated carbocycles. The van der Waals surface area contributed by atoms with Gasteiger partial charge in [0, 0.05) is 25.6 Å². The molecule has 1 aromatic rings. The van der Waals surface area contributed by atoms with Crippen LogP contribution in [0.15, 0.2) is 24.3 Å². The number of carbonyl (C=O) groups excluding carboxylic acids is 1.